The summed E-state index contributed by atoms with van der Waals surface area (Å²) in [5.41, 5.74) is 7.81. The minimum atomic E-state index is -0.681. The third kappa shape index (κ3) is 5.63. The molecule has 2 aromatic carbocycles. The van der Waals surface area contributed by atoms with E-state index >= 15 is 0 Å². The molecule has 1 unspecified atom stereocenters. The van der Waals surface area contributed by atoms with E-state index in [1.807, 2.05) is 26.0 Å². The maximum absolute atomic E-state index is 14.7. The average molecular weight is 522 g/mol. The van der Waals surface area contributed by atoms with Gasteiger partial charge in [-0.1, -0.05) is 43.5 Å². The summed E-state index contributed by atoms with van der Waals surface area (Å²) in [6.45, 7) is 4.05. The van der Waals surface area contributed by atoms with E-state index in [0.29, 0.717) is 17.8 Å². The fourth-order valence-electron chi connectivity index (χ4n) is 4.12. The van der Waals surface area contributed by atoms with Crippen LogP contribution in [0.5, 0.6) is 0 Å². The Hall–Kier alpha value is -4.20. The van der Waals surface area contributed by atoms with Crippen LogP contribution in [0.2, 0.25) is 5.02 Å². The first kappa shape index (κ1) is 25.9. The maximum Gasteiger partial charge on any atom is 0.254 e. The summed E-state index contributed by atoms with van der Waals surface area (Å²) < 4.78 is 14.7. The zero-order valence-corrected chi connectivity index (χ0v) is 20.9. The van der Waals surface area contributed by atoms with Gasteiger partial charge < -0.3 is 27.0 Å². The second kappa shape index (κ2) is 10.4. The van der Waals surface area contributed by atoms with Crippen LogP contribution in [0.3, 0.4) is 0 Å². The Kier molecular flexibility index (Phi) is 7.29. The van der Waals surface area contributed by atoms with Crippen LogP contribution in [0.1, 0.15) is 36.2 Å². The van der Waals surface area contributed by atoms with Crippen LogP contribution in [0, 0.1) is 18.2 Å². The lowest BCUT2D eigenvalue weighted by molar-refractivity contribution is -0.117. The van der Waals surface area contributed by atoms with Gasteiger partial charge >= 0.3 is 0 Å². The lowest BCUT2D eigenvalue weighted by Crippen LogP contribution is -2.37. The lowest BCUT2D eigenvalue weighted by Gasteiger charge is -2.26. The highest BCUT2D eigenvalue weighted by molar-refractivity contribution is 6.33. The van der Waals surface area contributed by atoms with Gasteiger partial charge in [0.2, 0.25) is 11.9 Å². The van der Waals surface area contributed by atoms with Gasteiger partial charge in [-0.25, -0.2) is 9.37 Å². The Bertz CT molecular complexity index is 1420. The lowest BCUT2D eigenvalue weighted by atomic mass is 9.79. The van der Waals surface area contributed by atoms with Crippen molar-refractivity contribution in [1.82, 2.24) is 15.3 Å². The first-order chi connectivity index (χ1) is 17.6. The van der Waals surface area contributed by atoms with Crippen molar-refractivity contribution in [2.75, 3.05) is 22.5 Å². The second-order valence-corrected chi connectivity index (χ2v) is 9.54. The summed E-state index contributed by atoms with van der Waals surface area (Å²) in [5.74, 6) is 1.03. The molecule has 37 heavy (non-hydrogen) atoms. The predicted octanol–water partition coefficient (Wildman–Crippen LogP) is 4.07. The molecule has 0 bridgehead atoms. The summed E-state index contributed by atoms with van der Waals surface area (Å²) in [4.78, 5) is 33.4. The van der Waals surface area contributed by atoms with Gasteiger partial charge in [-0.15, -0.1) is 6.42 Å². The van der Waals surface area contributed by atoms with Gasteiger partial charge in [0.1, 0.15) is 10.8 Å². The zero-order valence-electron chi connectivity index (χ0n) is 20.2. The first-order valence-electron chi connectivity index (χ1n) is 11.4. The highest BCUT2D eigenvalue weighted by Gasteiger charge is 2.33. The number of fused-ring (bicyclic) bond motifs is 1. The Balaban J connectivity index is 1.62. The van der Waals surface area contributed by atoms with Crippen LogP contribution in [0.4, 0.5) is 33.2 Å². The van der Waals surface area contributed by atoms with Crippen LogP contribution >= 0.6 is 11.6 Å². The molecule has 1 atom stereocenters. The molecule has 1 aromatic heterocycles. The van der Waals surface area contributed by atoms with E-state index in [9.17, 15) is 14.0 Å². The van der Waals surface area contributed by atoms with Gasteiger partial charge in [-0.3, -0.25) is 9.59 Å². The van der Waals surface area contributed by atoms with Crippen LogP contribution in [-0.4, -0.2) is 34.4 Å². The molecule has 2 heterocycles. The number of nitrogens with one attached hydrogen (secondary N) is 4. The molecule has 1 aliphatic heterocycles. The highest BCUT2D eigenvalue weighted by Crippen LogP contribution is 2.38. The molecule has 0 fully saturated rings. The van der Waals surface area contributed by atoms with Crippen molar-refractivity contribution in [3.8, 4) is 12.3 Å². The number of nitrogens with two attached hydrogens (primary N) is 1. The Morgan fingerprint density at radius 2 is 2.11 bits per heavy atom. The fraction of sp³-hybridized carbons (Fsp3) is 0.231. The molecule has 0 aliphatic carbocycles. The minimum absolute atomic E-state index is 0.0124. The van der Waals surface area contributed by atoms with Crippen molar-refractivity contribution < 1.29 is 14.0 Å². The molecule has 0 radical (unpaired) electrons. The van der Waals surface area contributed by atoms with Gasteiger partial charge in [0.25, 0.3) is 5.91 Å². The molecule has 190 valence electrons. The number of para-hydroxylation sites is 1. The molecular formula is C26H25ClFN7O2. The van der Waals surface area contributed by atoms with E-state index in [4.69, 9.17) is 23.8 Å². The van der Waals surface area contributed by atoms with E-state index in [1.54, 1.807) is 6.07 Å². The smallest absolute Gasteiger partial charge is 0.254 e. The molecule has 3 aromatic rings. The number of anilines is 5. The van der Waals surface area contributed by atoms with Crippen molar-refractivity contribution in [2.24, 2.45) is 5.73 Å². The Morgan fingerprint density at radius 3 is 2.86 bits per heavy atom. The number of hydrogen-bond acceptors (Lipinski definition) is 7. The van der Waals surface area contributed by atoms with Crippen molar-refractivity contribution in [1.29, 1.82) is 0 Å². The predicted molar refractivity (Wildman–Crippen MR) is 142 cm³/mol. The molecule has 4 rings (SSSR count). The number of amides is 2. The highest BCUT2D eigenvalue weighted by atomic mass is 35.5. The van der Waals surface area contributed by atoms with E-state index < -0.39 is 17.8 Å². The van der Waals surface area contributed by atoms with Gasteiger partial charge in [0.15, 0.2) is 5.82 Å². The van der Waals surface area contributed by atoms with Crippen LogP contribution in [-0.2, 0) is 10.2 Å². The number of nitrogens with zero attached hydrogens (tertiary/aromatic N) is 2. The Morgan fingerprint density at radius 1 is 1.32 bits per heavy atom. The Labute approximate surface area is 218 Å². The largest absolute Gasteiger partial charge is 0.341 e. The van der Waals surface area contributed by atoms with E-state index in [-0.39, 0.29) is 45.9 Å². The number of terminal acetylenes is 1. The standard InChI is InChI=1S/C26H25ClFN7O2/c1-4-10-30-23(36)15-6-5-7-18(28)21(15)34-22-17(27)13-31-25(35-22)32-14-8-9-16-20(11-14)33-24(37)19(29)12-26(16,2)3/h1,5-9,11,13,19H,10,12,29H2,2-3H3,(H,30,36)(H,33,37)(H2,31,32,34,35). The molecule has 0 spiro atoms. The van der Waals surface area contributed by atoms with Crippen molar-refractivity contribution in [3.63, 3.8) is 0 Å². The van der Waals surface area contributed by atoms with Crippen molar-refractivity contribution in [3.05, 3.63) is 64.6 Å². The van der Waals surface area contributed by atoms with Gasteiger partial charge in [0, 0.05) is 11.4 Å². The number of halogens is 2. The van der Waals surface area contributed by atoms with E-state index in [2.05, 4.69) is 37.2 Å². The monoisotopic (exact) mass is 521 g/mol. The summed E-state index contributed by atoms with van der Waals surface area (Å²) in [6.07, 6.45) is 7.04. The first-order valence-corrected chi connectivity index (χ1v) is 11.7. The SMILES string of the molecule is C#CCNC(=O)c1cccc(F)c1Nc1nc(Nc2ccc3c(c2)NC(=O)C(N)CC3(C)C)ncc1Cl. The minimum Gasteiger partial charge on any atom is -0.341 e. The number of hydrogen-bond donors (Lipinski definition) is 5. The average Bonchev–Trinajstić information content (AvgIpc) is 2.93. The normalized spacial score (nSPS) is 16.0. The van der Waals surface area contributed by atoms with E-state index in [0.717, 1.165) is 5.56 Å². The topological polar surface area (TPSA) is 134 Å². The number of aromatic nitrogens is 2. The quantitative estimate of drug-likeness (QED) is 0.309. The van der Waals surface area contributed by atoms with Crippen LogP contribution < -0.4 is 27.0 Å². The van der Waals surface area contributed by atoms with Gasteiger partial charge in [0.05, 0.1) is 30.0 Å². The van der Waals surface area contributed by atoms with Crippen LogP contribution in [0.25, 0.3) is 0 Å². The molecule has 9 nitrogen and oxygen atoms in total. The fourth-order valence-corrected chi connectivity index (χ4v) is 4.26. The molecule has 6 N–H and O–H groups in total. The zero-order chi connectivity index (χ0) is 26.7. The number of carbonyl (C=O) groups is 2. The molecule has 0 saturated heterocycles. The van der Waals surface area contributed by atoms with Crippen molar-refractivity contribution >= 4 is 52.2 Å². The summed E-state index contributed by atoms with van der Waals surface area (Å²) in [7, 11) is 0. The van der Waals surface area contributed by atoms with Crippen LogP contribution in [0.15, 0.2) is 42.6 Å². The molecule has 1 aliphatic rings. The summed E-state index contributed by atoms with van der Waals surface area (Å²) in [6, 6.07) is 8.94. The molecule has 2 amide bonds. The number of rotatable bonds is 6. The summed E-state index contributed by atoms with van der Waals surface area (Å²) in [5, 5.41) is 11.3. The number of carbonyl (C=O) groups excluding carboxylic acids is 2. The van der Waals surface area contributed by atoms with Gasteiger partial charge in [-0.2, -0.15) is 4.98 Å². The van der Waals surface area contributed by atoms with E-state index in [1.165, 1.54) is 24.4 Å². The molecule has 11 heteroatoms. The van der Waals surface area contributed by atoms with Gasteiger partial charge in [-0.05, 0) is 41.7 Å². The number of benzene rings is 2. The third-order valence-electron chi connectivity index (χ3n) is 5.93. The third-order valence-corrected chi connectivity index (χ3v) is 6.20. The van der Waals surface area contributed by atoms with Crippen molar-refractivity contribution in [2.45, 2.75) is 31.7 Å². The molecule has 0 saturated carbocycles. The summed E-state index contributed by atoms with van der Waals surface area (Å²) >= 11 is 6.27. The molecular weight excluding hydrogens is 497 g/mol. The maximum atomic E-state index is 14.7. The second-order valence-electron chi connectivity index (χ2n) is 9.13.